The summed E-state index contributed by atoms with van der Waals surface area (Å²) in [6.07, 6.45) is 10.4. The van der Waals surface area contributed by atoms with E-state index in [9.17, 15) is 4.79 Å². The van der Waals surface area contributed by atoms with E-state index in [1.54, 1.807) is 7.05 Å². The van der Waals surface area contributed by atoms with Crippen LogP contribution in [0.5, 0.6) is 0 Å². The van der Waals surface area contributed by atoms with Gasteiger partial charge in [-0.1, -0.05) is 19.3 Å². The molecule has 2 N–H and O–H groups in total. The van der Waals surface area contributed by atoms with Crippen molar-refractivity contribution in [1.29, 1.82) is 0 Å². The van der Waals surface area contributed by atoms with E-state index in [0.29, 0.717) is 12.6 Å². The van der Waals surface area contributed by atoms with Crippen molar-refractivity contribution >= 4 is 35.8 Å². The Kier molecular flexibility index (Phi) is 14.1. The number of hydrogen-bond acceptors (Lipinski definition) is 3. The number of carbonyl (C=O) groups is 1. The zero-order valence-electron chi connectivity index (χ0n) is 18.0. The molecule has 0 aromatic rings. The highest BCUT2D eigenvalue weighted by Crippen LogP contribution is 2.20. The molecule has 1 amide bonds. The average molecular weight is 496 g/mol. The summed E-state index contributed by atoms with van der Waals surface area (Å²) in [7, 11) is 3.63. The fraction of sp³-hybridized carbons (Fsp3) is 0.900. The Morgan fingerprint density at radius 1 is 1.15 bits per heavy atom. The summed E-state index contributed by atoms with van der Waals surface area (Å²) in [4.78, 5) is 18.1. The highest BCUT2D eigenvalue weighted by atomic mass is 127. The molecule has 1 aliphatic rings. The number of halogens is 1. The molecule has 0 bridgehead atoms. The number of nitrogens with zero attached hydrogens (tertiary/aromatic N) is 2. The molecule has 0 atom stereocenters. The first-order chi connectivity index (χ1) is 12.3. The van der Waals surface area contributed by atoms with Crippen molar-refractivity contribution in [2.75, 3.05) is 33.8 Å². The number of nitrogens with one attached hydrogen (secondary N) is 2. The fourth-order valence-electron chi connectivity index (χ4n) is 3.22. The lowest BCUT2D eigenvalue weighted by Crippen LogP contribution is -2.48. The van der Waals surface area contributed by atoms with E-state index in [4.69, 9.17) is 4.74 Å². The molecule has 1 saturated carbocycles. The number of unbranched alkanes of at least 4 members (excludes halogenated alkanes) is 2. The Bertz CT molecular complexity index is 432. The standard InChI is InChI=1S/C20H40N4O2.HI/c1-20(2,3)23-18(25)16-24(5)19(21-4)22-14-10-7-11-15-26-17-12-8-6-9-13-17;/h17H,6-16H2,1-5H3,(H,21,22)(H,23,25);1H. The Labute approximate surface area is 183 Å². The lowest BCUT2D eigenvalue weighted by molar-refractivity contribution is -0.122. The summed E-state index contributed by atoms with van der Waals surface area (Å²) >= 11 is 0. The van der Waals surface area contributed by atoms with Gasteiger partial charge in [-0.15, -0.1) is 24.0 Å². The average Bonchev–Trinajstić information content (AvgIpc) is 2.56. The van der Waals surface area contributed by atoms with Crippen LogP contribution in [-0.4, -0.2) is 62.2 Å². The third-order valence-corrected chi connectivity index (χ3v) is 4.48. The first-order valence-corrected chi connectivity index (χ1v) is 10.2. The van der Waals surface area contributed by atoms with E-state index in [0.717, 1.165) is 38.4 Å². The molecular weight excluding hydrogens is 455 g/mol. The number of hydrogen-bond donors (Lipinski definition) is 2. The summed E-state index contributed by atoms with van der Waals surface area (Å²) in [5.41, 5.74) is -0.214. The predicted octanol–water partition coefficient (Wildman–Crippen LogP) is 3.55. The van der Waals surface area contributed by atoms with Gasteiger partial charge >= 0.3 is 0 Å². The number of ether oxygens (including phenoxy) is 1. The highest BCUT2D eigenvalue weighted by Gasteiger charge is 2.16. The van der Waals surface area contributed by atoms with Gasteiger partial charge in [0, 0.05) is 32.8 Å². The second-order valence-electron chi connectivity index (χ2n) is 8.32. The van der Waals surface area contributed by atoms with Crippen LogP contribution < -0.4 is 10.6 Å². The van der Waals surface area contributed by atoms with Gasteiger partial charge in [0.2, 0.25) is 5.91 Å². The van der Waals surface area contributed by atoms with Crippen molar-refractivity contribution in [2.24, 2.45) is 4.99 Å². The molecule has 0 aliphatic heterocycles. The Balaban J connectivity index is 0.00000676. The van der Waals surface area contributed by atoms with Gasteiger partial charge in [0.15, 0.2) is 5.96 Å². The van der Waals surface area contributed by atoms with Gasteiger partial charge < -0.3 is 20.3 Å². The van der Waals surface area contributed by atoms with E-state index >= 15 is 0 Å². The summed E-state index contributed by atoms with van der Waals surface area (Å²) in [5, 5.41) is 6.30. The minimum absolute atomic E-state index is 0. The molecule has 0 radical (unpaired) electrons. The molecule has 7 heteroatoms. The first kappa shape index (κ1) is 26.4. The molecule has 27 heavy (non-hydrogen) atoms. The van der Waals surface area contributed by atoms with Gasteiger partial charge in [0.1, 0.15) is 0 Å². The van der Waals surface area contributed by atoms with Crippen LogP contribution in [0.1, 0.15) is 72.1 Å². The second kappa shape index (κ2) is 14.4. The van der Waals surface area contributed by atoms with Crippen LogP contribution in [-0.2, 0) is 9.53 Å². The van der Waals surface area contributed by atoms with E-state index < -0.39 is 0 Å². The van der Waals surface area contributed by atoms with Crippen LogP contribution in [0.4, 0.5) is 0 Å². The molecule has 6 nitrogen and oxygen atoms in total. The summed E-state index contributed by atoms with van der Waals surface area (Å²) in [6.45, 7) is 7.99. The van der Waals surface area contributed by atoms with Crippen LogP contribution in [0.25, 0.3) is 0 Å². The third-order valence-electron chi connectivity index (χ3n) is 4.48. The minimum Gasteiger partial charge on any atom is -0.378 e. The summed E-state index contributed by atoms with van der Waals surface area (Å²) in [6, 6.07) is 0. The van der Waals surface area contributed by atoms with Crippen molar-refractivity contribution in [3.8, 4) is 0 Å². The molecule has 0 spiro atoms. The van der Waals surface area contributed by atoms with E-state index in [-0.39, 0.29) is 35.4 Å². The first-order valence-electron chi connectivity index (χ1n) is 10.2. The predicted molar refractivity (Wildman–Crippen MR) is 124 cm³/mol. The van der Waals surface area contributed by atoms with Crippen molar-refractivity contribution in [3.63, 3.8) is 0 Å². The second-order valence-corrected chi connectivity index (χ2v) is 8.32. The van der Waals surface area contributed by atoms with Gasteiger partial charge in [0.05, 0.1) is 12.6 Å². The maximum Gasteiger partial charge on any atom is 0.240 e. The van der Waals surface area contributed by atoms with Crippen LogP contribution >= 0.6 is 24.0 Å². The molecule has 0 aromatic carbocycles. The number of amides is 1. The van der Waals surface area contributed by atoms with E-state index in [1.807, 2.05) is 32.7 Å². The van der Waals surface area contributed by atoms with Crippen LogP contribution in [0.3, 0.4) is 0 Å². The fourth-order valence-corrected chi connectivity index (χ4v) is 3.22. The van der Waals surface area contributed by atoms with Crippen molar-refractivity contribution < 1.29 is 9.53 Å². The van der Waals surface area contributed by atoms with Gasteiger partial charge in [0.25, 0.3) is 0 Å². The topological polar surface area (TPSA) is 66.0 Å². The van der Waals surface area contributed by atoms with Crippen molar-refractivity contribution in [1.82, 2.24) is 15.5 Å². The monoisotopic (exact) mass is 496 g/mol. The number of aliphatic imine (C=N–C) groups is 1. The van der Waals surface area contributed by atoms with E-state index in [1.165, 1.54) is 32.1 Å². The van der Waals surface area contributed by atoms with Gasteiger partial charge in [-0.05, 0) is 52.9 Å². The molecule has 1 fully saturated rings. The molecule has 1 aliphatic carbocycles. The molecular formula is C20H41IN4O2. The summed E-state index contributed by atoms with van der Waals surface area (Å²) < 4.78 is 5.96. The molecule has 160 valence electrons. The third kappa shape index (κ3) is 13.3. The van der Waals surface area contributed by atoms with Gasteiger partial charge in [-0.2, -0.15) is 0 Å². The number of guanidine groups is 1. The lowest BCUT2D eigenvalue weighted by Gasteiger charge is -2.25. The maximum absolute atomic E-state index is 12.0. The van der Waals surface area contributed by atoms with Crippen molar-refractivity contribution in [2.45, 2.75) is 83.8 Å². The molecule has 0 aromatic heterocycles. The SMILES string of the molecule is CN=C(NCCCCCOC1CCCCC1)N(C)CC(=O)NC(C)(C)C.I. The Morgan fingerprint density at radius 3 is 2.41 bits per heavy atom. The van der Waals surface area contributed by atoms with Gasteiger partial charge in [-0.3, -0.25) is 9.79 Å². The Hall–Kier alpha value is -0.570. The van der Waals surface area contributed by atoms with Crippen LogP contribution in [0.2, 0.25) is 0 Å². The molecule has 1 rings (SSSR count). The number of likely N-dealkylation sites (N-methyl/N-ethyl adjacent to an activating group) is 1. The van der Waals surface area contributed by atoms with Gasteiger partial charge in [-0.25, -0.2) is 0 Å². The van der Waals surface area contributed by atoms with E-state index in [2.05, 4.69) is 15.6 Å². The molecule has 0 saturated heterocycles. The zero-order valence-corrected chi connectivity index (χ0v) is 20.3. The largest absolute Gasteiger partial charge is 0.378 e. The van der Waals surface area contributed by atoms with Crippen LogP contribution in [0, 0.1) is 0 Å². The quantitative estimate of drug-likeness (QED) is 0.222. The highest BCUT2D eigenvalue weighted by molar-refractivity contribution is 14.0. The molecule has 0 unspecified atom stereocenters. The smallest absolute Gasteiger partial charge is 0.240 e. The summed E-state index contributed by atoms with van der Waals surface area (Å²) in [5.74, 6) is 0.760. The Morgan fingerprint density at radius 2 is 1.81 bits per heavy atom. The minimum atomic E-state index is -0.214. The lowest BCUT2D eigenvalue weighted by atomic mass is 9.98. The van der Waals surface area contributed by atoms with Crippen LogP contribution in [0.15, 0.2) is 4.99 Å². The number of rotatable bonds is 9. The number of carbonyl (C=O) groups excluding carboxylic acids is 1. The zero-order chi connectivity index (χ0) is 19.4. The maximum atomic E-state index is 12.0. The molecule has 0 heterocycles. The normalized spacial score (nSPS) is 15.8. The van der Waals surface area contributed by atoms with Crippen molar-refractivity contribution in [3.05, 3.63) is 0 Å².